The van der Waals surface area contributed by atoms with Gasteiger partial charge in [-0.15, -0.1) is 11.3 Å². The van der Waals surface area contributed by atoms with Gasteiger partial charge >= 0.3 is 0 Å². The van der Waals surface area contributed by atoms with Crippen LogP contribution >= 0.6 is 22.9 Å². The van der Waals surface area contributed by atoms with Crippen molar-refractivity contribution in [1.82, 2.24) is 9.71 Å². The molecule has 0 aliphatic carbocycles. The van der Waals surface area contributed by atoms with E-state index in [1.165, 1.54) is 23.5 Å². The lowest BCUT2D eigenvalue weighted by molar-refractivity contribution is 0.580. The van der Waals surface area contributed by atoms with Gasteiger partial charge in [-0.2, -0.15) is 0 Å². The minimum Gasteiger partial charge on any atom is -0.326 e. The van der Waals surface area contributed by atoms with E-state index in [4.69, 9.17) is 17.3 Å². The maximum Gasteiger partial charge on any atom is 0.240 e. The third kappa shape index (κ3) is 3.56. The standard InChI is InChI=1S/C12H14ClN3O2S2/c1-8-16-10(7-19-8)6-15-20(17,18)11-3-2-9(5-14)12(13)4-11/h2-4,7,15H,5-6,14H2,1H3. The molecule has 0 aliphatic heterocycles. The number of sulfonamides is 1. The quantitative estimate of drug-likeness (QED) is 0.878. The van der Waals surface area contributed by atoms with E-state index in [-0.39, 0.29) is 18.0 Å². The molecule has 0 amide bonds. The first-order valence-electron chi connectivity index (χ1n) is 5.81. The van der Waals surface area contributed by atoms with Gasteiger partial charge in [0, 0.05) is 16.9 Å². The zero-order valence-electron chi connectivity index (χ0n) is 10.8. The Labute approximate surface area is 126 Å². The van der Waals surface area contributed by atoms with Gasteiger partial charge < -0.3 is 5.73 Å². The Morgan fingerprint density at radius 3 is 2.75 bits per heavy atom. The zero-order valence-corrected chi connectivity index (χ0v) is 13.1. The van der Waals surface area contributed by atoms with Crippen LogP contribution in [-0.2, 0) is 23.1 Å². The van der Waals surface area contributed by atoms with Crippen LogP contribution in [0.3, 0.4) is 0 Å². The maximum absolute atomic E-state index is 12.1. The topological polar surface area (TPSA) is 85.1 Å². The fraction of sp³-hybridized carbons (Fsp3) is 0.250. The van der Waals surface area contributed by atoms with Crippen LogP contribution in [-0.4, -0.2) is 13.4 Å². The number of aryl methyl sites for hydroxylation is 1. The number of thiazole rings is 1. The van der Waals surface area contributed by atoms with Crippen LogP contribution in [0.4, 0.5) is 0 Å². The van der Waals surface area contributed by atoms with Crippen LogP contribution in [0.15, 0.2) is 28.5 Å². The predicted molar refractivity (Wildman–Crippen MR) is 80.2 cm³/mol. The highest BCUT2D eigenvalue weighted by molar-refractivity contribution is 7.89. The molecule has 0 fully saturated rings. The molecular formula is C12H14ClN3O2S2. The van der Waals surface area contributed by atoms with Crippen molar-refractivity contribution >= 4 is 33.0 Å². The summed E-state index contributed by atoms with van der Waals surface area (Å²) in [5, 5.41) is 3.07. The lowest BCUT2D eigenvalue weighted by atomic mass is 10.2. The van der Waals surface area contributed by atoms with Crippen LogP contribution in [0.1, 0.15) is 16.3 Å². The second-order valence-electron chi connectivity index (χ2n) is 4.14. The SMILES string of the molecule is Cc1nc(CNS(=O)(=O)c2ccc(CN)c(Cl)c2)cs1. The van der Waals surface area contributed by atoms with E-state index in [2.05, 4.69) is 9.71 Å². The number of hydrogen-bond donors (Lipinski definition) is 2. The predicted octanol–water partition coefficient (Wildman–Crippen LogP) is 2.04. The molecule has 108 valence electrons. The van der Waals surface area contributed by atoms with Crippen LogP contribution in [0.5, 0.6) is 0 Å². The molecule has 0 bridgehead atoms. The number of rotatable bonds is 5. The molecule has 0 spiro atoms. The van der Waals surface area contributed by atoms with E-state index in [1.54, 1.807) is 6.07 Å². The molecular weight excluding hydrogens is 318 g/mol. The Hall–Kier alpha value is -0.990. The van der Waals surface area contributed by atoms with Gasteiger partial charge in [-0.3, -0.25) is 0 Å². The molecule has 2 aromatic rings. The third-order valence-electron chi connectivity index (χ3n) is 2.66. The summed E-state index contributed by atoms with van der Waals surface area (Å²) >= 11 is 7.45. The van der Waals surface area contributed by atoms with Gasteiger partial charge in [0.15, 0.2) is 0 Å². The number of halogens is 1. The molecule has 1 aromatic carbocycles. The van der Waals surface area contributed by atoms with Gasteiger partial charge in [0.25, 0.3) is 0 Å². The Kier molecular flexibility index (Phi) is 4.77. The van der Waals surface area contributed by atoms with Gasteiger partial charge in [0.2, 0.25) is 10.0 Å². The summed E-state index contributed by atoms with van der Waals surface area (Å²) in [4.78, 5) is 4.32. The zero-order chi connectivity index (χ0) is 14.8. The van der Waals surface area contributed by atoms with Crippen molar-refractivity contribution in [3.05, 3.63) is 44.9 Å². The molecule has 20 heavy (non-hydrogen) atoms. The van der Waals surface area contributed by atoms with E-state index < -0.39 is 10.0 Å². The molecule has 0 atom stereocenters. The number of nitrogens with one attached hydrogen (secondary N) is 1. The van der Waals surface area contributed by atoms with Crippen molar-refractivity contribution in [2.45, 2.75) is 24.9 Å². The maximum atomic E-state index is 12.1. The van der Waals surface area contributed by atoms with Crippen LogP contribution in [0.25, 0.3) is 0 Å². The van der Waals surface area contributed by atoms with E-state index in [0.29, 0.717) is 16.3 Å². The van der Waals surface area contributed by atoms with Crippen molar-refractivity contribution < 1.29 is 8.42 Å². The summed E-state index contributed by atoms with van der Waals surface area (Å²) in [5.74, 6) is 0. The van der Waals surface area contributed by atoms with Crippen molar-refractivity contribution in [3.63, 3.8) is 0 Å². The minimum absolute atomic E-state index is 0.117. The lowest BCUT2D eigenvalue weighted by Crippen LogP contribution is -2.23. The third-order valence-corrected chi connectivity index (χ3v) is 5.24. The smallest absolute Gasteiger partial charge is 0.240 e. The number of nitrogens with zero attached hydrogens (tertiary/aromatic N) is 1. The normalized spacial score (nSPS) is 11.8. The van der Waals surface area contributed by atoms with E-state index in [0.717, 1.165) is 5.01 Å². The molecule has 0 saturated carbocycles. The van der Waals surface area contributed by atoms with Gasteiger partial charge in [-0.05, 0) is 24.6 Å². The molecule has 0 aliphatic rings. The second-order valence-corrected chi connectivity index (χ2v) is 7.38. The average molecular weight is 332 g/mol. The van der Waals surface area contributed by atoms with E-state index in [9.17, 15) is 8.42 Å². The molecule has 2 rings (SSSR count). The van der Waals surface area contributed by atoms with Crippen LogP contribution in [0, 0.1) is 6.92 Å². The van der Waals surface area contributed by atoms with Crippen LogP contribution < -0.4 is 10.5 Å². The Balaban J connectivity index is 2.15. The summed E-state index contributed by atoms with van der Waals surface area (Å²) in [5.41, 5.74) is 6.89. The summed E-state index contributed by atoms with van der Waals surface area (Å²) in [6.07, 6.45) is 0. The molecule has 0 radical (unpaired) electrons. The fourth-order valence-electron chi connectivity index (χ4n) is 1.60. The first-order chi connectivity index (χ1) is 9.42. The van der Waals surface area contributed by atoms with Gasteiger partial charge in [-0.25, -0.2) is 18.1 Å². The number of aromatic nitrogens is 1. The summed E-state index contributed by atoms with van der Waals surface area (Å²) in [6, 6.07) is 4.50. The Bertz CT molecular complexity index is 713. The first-order valence-corrected chi connectivity index (χ1v) is 8.55. The largest absolute Gasteiger partial charge is 0.326 e. The first kappa shape index (κ1) is 15.4. The molecule has 0 unspecified atom stereocenters. The number of benzene rings is 1. The monoisotopic (exact) mass is 331 g/mol. The summed E-state index contributed by atoms with van der Waals surface area (Å²) in [6.45, 7) is 2.29. The average Bonchev–Trinajstić information content (AvgIpc) is 2.82. The highest BCUT2D eigenvalue weighted by atomic mass is 35.5. The summed E-state index contributed by atoms with van der Waals surface area (Å²) < 4.78 is 26.8. The molecule has 1 aromatic heterocycles. The Morgan fingerprint density at radius 2 is 2.20 bits per heavy atom. The summed E-state index contributed by atoms with van der Waals surface area (Å²) in [7, 11) is -3.61. The van der Waals surface area contributed by atoms with Gasteiger partial charge in [0.1, 0.15) is 0 Å². The lowest BCUT2D eigenvalue weighted by Gasteiger charge is -2.07. The highest BCUT2D eigenvalue weighted by Gasteiger charge is 2.15. The van der Waals surface area contributed by atoms with Crippen molar-refractivity contribution in [2.24, 2.45) is 5.73 Å². The molecule has 1 heterocycles. The Morgan fingerprint density at radius 1 is 1.45 bits per heavy atom. The van der Waals surface area contributed by atoms with Crippen LogP contribution in [0.2, 0.25) is 5.02 Å². The second kappa shape index (κ2) is 6.19. The van der Waals surface area contributed by atoms with Crippen molar-refractivity contribution in [2.75, 3.05) is 0 Å². The van der Waals surface area contributed by atoms with Gasteiger partial charge in [0.05, 0.1) is 22.1 Å². The van der Waals surface area contributed by atoms with E-state index >= 15 is 0 Å². The van der Waals surface area contributed by atoms with Crippen molar-refractivity contribution in [3.8, 4) is 0 Å². The minimum atomic E-state index is -3.61. The number of hydrogen-bond acceptors (Lipinski definition) is 5. The fourth-order valence-corrected chi connectivity index (χ4v) is 3.56. The molecule has 3 N–H and O–H groups in total. The molecule has 5 nitrogen and oxygen atoms in total. The van der Waals surface area contributed by atoms with Gasteiger partial charge in [-0.1, -0.05) is 17.7 Å². The highest BCUT2D eigenvalue weighted by Crippen LogP contribution is 2.20. The molecule has 0 saturated heterocycles. The van der Waals surface area contributed by atoms with Crippen molar-refractivity contribution in [1.29, 1.82) is 0 Å². The number of nitrogens with two attached hydrogens (primary N) is 1. The molecule has 8 heteroatoms. The van der Waals surface area contributed by atoms with E-state index in [1.807, 2.05) is 12.3 Å².